The van der Waals surface area contributed by atoms with Gasteiger partial charge in [0, 0.05) is 32.5 Å². The molecule has 7 rings (SSSR count). The van der Waals surface area contributed by atoms with E-state index in [1.54, 1.807) is 0 Å². The first kappa shape index (κ1) is 22.4. The second kappa shape index (κ2) is 9.25. The van der Waals surface area contributed by atoms with Crippen LogP contribution in [0.2, 0.25) is 5.02 Å². The number of rotatable bonds is 4. The Morgan fingerprint density at radius 1 is 0.474 bits per heavy atom. The Morgan fingerprint density at radius 2 is 1.08 bits per heavy atom. The van der Waals surface area contributed by atoms with Gasteiger partial charge in [-0.2, -0.15) is 0 Å². The fourth-order valence-electron chi connectivity index (χ4n) is 4.79. The molecule has 38 heavy (non-hydrogen) atoms. The van der Waals surface area contributed by atoms with Gasteiger partial charge >= 0.3 is 0 Å². The summed E-state index contributed by atoms with van der Waals surface area (Å²) in [6, 6.07) is 40.2. The molecule has 5 aromatic carbocycles. The SMILES string of the molecule is Clc1cccc(-c2nc(-c3ccc(-c4ccccc4)cc3)nc(-c3cccc4oc5ccccc5c34)n2)c1. The van der Waals surface area contributed by atoms with Crippen molar-refractivity contribution < 1.29 is 4.42 Å². The number of furan rings is 1. The molecule has 0 aliphatic carbocycles. The minimum atomic E-state index is 0.560. The fourth-order valence-corrected chi connectivity index (χ4v) is 4.98. The van der Waals surface area contributed by atoms with Gasteiger partial charge in [-0.15, -0.1) is 0 Å². The third-order valence-electron chi connectivity index (χ3n) is 6.61. The molecule has 0 unspecified atom stereocenters. The molecular weight excluding hydrogens is 490 g/mol. The summed E-state index contributed by atoms with van der Waals surface area (Å²) in [5, 5.41) is 2.63. The van der Waals surface area contributed by atoms with Crippen LogP contribution in [0.15, 0.2) is 126 Å². The van der Waals surface area contributed by atoms with Crippen molar-refractivity contribution in [2.45, 2.75) is 0 Å². The highest BCUT2D eigenvalue weighted by Crippen LogP contribution is 2.36. The fraction of sp³-hybridized carbons (Fsp3) is 0. The van der Waals surface area contributed by atoms with E-state index in [1.165, 1.54) is 0 Å². The van der Waals surface area contributed by atoms with Gasteiger partial charge < -0.3 is 4.42 Å². The van der Waals surface area contributed by atoms with Gasteiger partial charge in [-0.05, 0) is 35.4 Å². The Bertz CT molecular complexity index is 1930. The van der Waals surface area contributed by atoms with E-state index in [9.17, 15) is 0 Å². The molecule has 0 atom stereocenters. The van der Waals surface area contributed by atoms with Gasteiger partial charge in [-0.25, -0.2) is 15.0 Å². The quantitative estimate of drug-likeness (QED) is 0.237. The van der Waals surface area contributed by atoms with Crippen LogP contribution in [0, 0.1) is 0 Å². The van der Waals surface area contributed by atoms with Crippen molar-refractivity contribution in [1.82, 2.24) is 15.0 Å². The third-order valence-corrected chi connectivity index (χ3v) is 6.85. The molecule has 0 saturated heterocycles. The van der Waals surface area contributed by atoms with Crippen LogP contribution in [0.4, 0.5) is 0 Å². The van der Waals surface area contributed by atoms with Crippen LogP contribution in [0.5, 0.6) is 0 Å². The highest BCUT2D eigenvalue weighted by molar-refractivity contribution is 6.30. The van der Waals surface area contributed by atoms with Crippen molar-refractivity contribution >= 4 is 33.5 Å². The second-order valence-corrected chi connectivity index (χ2v) is 9.47. The van der Waals surface area contributed by atoms with Gasteiger partial charge in [-0.3, -0.25) is 0 Å². The summed E-state index contributed by atoms with van der Waals surface area (Å²) in [5.41, 5.74) is 6.54. The zero-order valence-corrected chi connectivity index (χ0v) is 20.9. The summed E-state index contributed by atoms with van der Waals surface area (Å²) in [7, 11) is 0. The molecule has 180 valence electrons. The summed E-state index contributed by atoms with van der Waals surface area (Å²) < 4.78 is 6.13. The molecule has 0 amide bonds. The van der Waals surface area contributed by atoms with Gasteiger partial charge in [0.05, 0.1) is 0 Å². The number of fused-ring (bicyclic) bond motifs is 3. The summed E-state index contributed by atoms with van der Waals surface area (Å²) in [6.45, 7) is 0. The molecule has 4 nitrogen and oxygen atoms in total. The summed E-state index contributed by atoms with van der Waals surface area (Å²) in [5.74, 6) is 1.73. The average Bonchev–Trinajstić information content (AvgIpc) is 3.36. The van der Waals surface area contributed by atoms with Crippen LogP contribution in [0.1, 0.15) is 0 Å². The summed E-state index contributed by atoms with van der Waals surface area (Å²) >= 11 is 6.33. The number of nitrogens with zero attached hydrogens (tertiary/aromatic N) is 3. The van der Waals surface area contributed by atoms with E-state index in [0.29, 0.717) is 22.5 Å². The lowest BCUT2D eigenvalue weighted by Gasteiger charge is -2.10. The van der Waals surface area contributed by atoms with Crippen molar-refractivity contribution in [3.8, 4) is 45.3 Å². The van der Waals surface area contributed by atoms with E-state index in [0.717, 1.165) is 49.8 Å². The molecule has 0 fully saturated rings. The van der Waals surface area contributed by atoms with Crippen LogP contribution < -0.4 is 0 Å². The largest absolute Gasteiger partial charge is 0.456 e. The maximum absolute atomic E-state index is 6.33. The Balaban J connectivity index is 1.43. The minimum absolute atomic E-state index is 0.560. The Morgan fingerprint density at radius 3 is 1.89 bits per heavy atom. The summed E-state index contributed by atoms with van der Waals surface area (Å²) in [6.07, 6.45) is 0. The topological polar surface area (TPSA) is 51.8 Å². The molecule has 0 bridgehead atoms. The molecular formula is C33H20ClN3O. The van der Waals surface area contributed by atoms with Gasteiger partial charge in [0.15, 0.2) is 17.5 Å². The normalized spacial score (nSPS) is 11.3. The average molecular weight is 510 g/mol. The monoisotopic (exact) mass is 509 g/mol. The number of benzene rings is 5. The van der Waals surface area contributed by atoms with Crippen molar-refractivity contribution in [2.75, 3.05) is 0 Å². The van der Waals surface area contributed by atoms with E-state index in [1.807, 2.05) is 78.9 Å². The highest BCUT2D eigenvalue weighted by Gasteiger charge is 2.17. The number of hydrogen-bond acceptors (Lipinski definition) is 4. The summed E-state index contributed by atoms with van der Waals surface area (Å²) in [4.78, 5) is 14.8. The highest BCUT2D eigenvalue weighted by atomic mass is 35.5. The zero-order valence-electron chi connectivity index (χ0n) is 20.2. The van der Waals surface area contributed by atoms with Crippen LogP contribution in [-0.4, -0.2) is 15.0 Å². The third kappa shape index (κ3) is 4.01. The van der Waals surface area contributed by atoms with Crippen LogP contribution >= 0.6 is 11.6 Å². The minimum Gasteiger partial charge on any atom is -0.456 e. The van der Waals surface area contributed by atoms with E-state index >= 15 is 0 Å². The number of halogens is 1. The molecule has 0 saturated carbocycles. The molecule has 2 heterocycles. The number of aromatic nitrogens is 3. The Hall–Kier alpha value is -4.80. The molecule has 2 aromatic heterocycles. The van der Waals surface area contributed by atoms with Crippen molar-refractivity contribution in [3.63, 3.8) is 0 Å². The number of para-hydroxylation sites is 1. The second-order valence-electron chi connectivity index (χ2n) is 9.04. The Labute approximate surface area is 224 Å². The number of hydrogen-bond donors (Lipinski definition) is 0. The van der Waals surface area contributed by atoms with Gasteiger partial charge in [0.25, 0.3) is 0 Å². The standard InChI is InChI=1S/C33H20ClN3O/c34-25-11-6-10-24(20-25)32-35-31(23-18-16-22(17-19-23)21-8-2-1-3-9-21)36-33(37-32)27-13-7-15-29-30(27)26-12-4-5-14-28(26)38-29/h1-20H. The molecule has 0 aliphatic heterocycles. The lowest BCUT2D eigenvalue weighted by molar-refractivity contribution is 0.669. The smallest absolute Gasteiger partial charge is 0.164 e. The molecule has 0 N–H and O–H groups in total. The van der Waals surface area contributed by atoms with Crippen LogP contribution in [-0.2, 0) is 0 Å². The molecule has 0 radical (unpaired) electrons. The van der Waals surface area contributed by atoms with E-state index in [2.05, 4.69) is 42.5 Å². The predicted octanol–water partition coefficient (Wildman–Crippen LogP) is 9.09. The Kier molecular flexibility index (Phi) is 5.46. The lowest BCUT2D eigenvalue weighted by Crippen LogP contribution is -2.00. The molecule has 0 spiro atoms. The zero-order chi connectivity index (χ0) is 25.5. The van der Waals surface area contributed by atoms with Crippen molar-refractivity contribution in [1.29, 1.82) is 0 Å². The van der Waals surface area contributed by atoms with E-state index in [-0.39, 0.29) is 0 Å². The molecule has 0 aliphatic rings. The lowest BCUT2D eigenvalue weighted by atomic mass is 10.0. The first-order valence-corrected chi connectivity index (χ1v) is 12.7. The van der Waals surface area contributed by atoms with Crippen molar-refractivity contribution in [2.24, 2.45) is 0 Å². The van der Waals surface area contributed by atoms with Crippen LogP contribution in [0.3, 0.4) is 0 Å². The van der Waals surface area contributed by atoms with E-state index < -0.39 is 0 Å². The maximum atomic E-state index is 6.33. The maximum Gasteiger partial charge on any atom is 0.164 e. The van der Waals surface area contributed by atoms with Crippen molar-refractivity contribution in [3.05, 3.63) is 126 Å². The van der Waals surface area contributed by atoms with Gasteiger partial charge in [-0.1, -0.05) is 109 Å². The van der Waals surface area contributed by atoms with Crippen LogP contribution in [0.25, 0.3) is 67.2 Å². The van der Waals surface area contributed by atoms with E-state index in [4.69, 9.17) is 31.0 Å². The predicted molar refractivity (Wildman–Crippen MR) is 154 cm³/mol. The molecule has 7 aromatic rings. The first-order valence-electron chi connectivity index (χ1n) is 12.3. The molecule has 5 heteroatoms. The van der Waals surface area contributed by atoms with Gasteiger partial charge in [0.2, 0.25) is 0 Å². The van der Waals surface area contributed by atoms with Gasteiger partial charge in [0.1, 0.15) is 11.2 Å². The first-order chi connectivity index (χ1) is 18.7.